The number of phenolic OH excluding ortho intramolecular Hbond substituents is 1. The molecular weight excluding hydrogens is 417 g/mol. The zero-order valence-corrected chi connectivity index (χ0v) is 19.5. The number of anilines is 1. The second kappa shape index (κ2) is 9.88. The van der Waals surface area contributed by atoms with Gasteiger partial charge >= 0.3 is 0 Å². The van der Waals surface area contributed by atoms with Crippen molar-refractivity contribution >= 4 is 25.4 Å². The summed E-state index contributed by atoms with van der Waals surface area (Å²) in [6.45, 7) is 3.65. The van der Waals surface area contributed by atoms with Gasteiger partial charge in [0.05, 0.1) is 5.69 Å². The molecule has 7 heteroatoms. The van der Waals surface area contributed by atoms with Gasteiger partial charge in [-0.3, -0.25) is 9.36 Å². The number of rotatable bonds is 3. The third-order valence-electron chi connectivity index (χ3n) is 6.13. The number of thiol groups is 1. The fraction of sp³-hybridized carbons (Fsp3) is 0.320. The molecule has 0 atom stereocenters. The normalized spacial score (nSPS) is 15.6. The van der Waals surface area contributed by atoms with Crippen LogP contribution in [0, 0.1) is 13.8 Å². The third-order valence-corrected chi connectivity index (χ3v) is 6.13. The van der Waals surface area contributed by atoms with Crippen molar-refractivity contribution in [3.8, 4) is 11.4 Å². The van der Waals surface area contributed by atoms with E-state index in [9.17, 15) is 9.90 Å². The maximum absolute atomic E-state index is 12.3. The molecule has 5 rings (SSSR count). The van der Waals surface area contributed by atoms with Gasteiger partial charge in [-0.05, 0) is 68.7 Å². The Labute approximate surface area is 196 Å². The molecule has 2 aliphatic carbocycles. The Balaban J connectivity index is 0.000000218. The van der Waals surface area contributed by atoms with Crippen LogP contribution in [-0.2, 0) is 5.54 Å². The molecule has 5 N–H and O–H groups in total. The van der Waals surface area contributed by atoms with Gasteiger partial charge in [0, 0.05) is 22.7 Å². The molecule has 1 heterocycles. The fourth-order valence-corrected chi connectivity index (χ4v) is 3.92. The average Bonchev–Trinajstić information content (AvgIpc) is 3.73. The molecule has 5 nitrogen and oxygen atoms in total. The first-order chi connectivity index (χ1) is 15.3. The van der Waals surface area contributed by atoms with Crippen molar-refractivity contribution in [1.29, 1.82) is 0 Å². The summed E-state index contributed by atoms with van der Waals surface area (Å²) in [6.07, 6.45) is 4.55. The van der Waals surface area contributed by atoms with Crippen molar-refractivity contribution in [3.63, 3.8) is 0 Å². The van der Waals surface area contributed by atoms with Gasteiger partial charge in [0.2, 0.25) is 0 Å². The average molecular weight is 447 g/mol. The van der Waals surface area contributed by atoms with Crippen LogP contribution in [0.3, 0.4) is 0 Å². The Kier molecular flexibility index (Phi) is 7.42. The highest BCUT2D eigenvalue weighted by atomic mass is 32.1. The zero-order chi connectivity index (χ0) is 23.5. The van der Waals surface area contributed by atoms with E-state index in [-0.39, 0.29) is 11.3 Å². The number of nitrogen functional groups attached to an aromatic ring is 1. The minimum atomic E-state index is -0.418. The molecule has 1 aromatic heterocycles. The van der Waals surface area contributed by atoms with Crippen molar-refractivity contribution in [3.05, 3.63) is 87.2 Å². The van der Waals surface area contributed by atoms with Crippen molar-refractivity contribution in [2.45, 2.75) is 51.0 Å². The molecular formula is C25H30BN3O2S. The highest BCUT2D eigenvalue weighted by Gasteiger charge is 2.42. The summed E-state index contributed by atoms with van der Waals surface area (Å²) < 4.78 is 1.45. The Hall–Kier alpha value is -2.64. The number of phenols is 1. The van der Waals surface area contributed by atoms with Crippen LogP contribution in [0.25, 0.3) is 5.69 Å². The van der Waals surface area contributed by atoms with Crippen LogP contribution in [0.4, 0.5) is 5.82 Å². The number of hydrogen-bond donors (Lipinski definition) is 4. The highest BCUT2D eigenvalue weighted by Crippen LogP contribution is 2.45. The second-order valence-corrected chi connectivity index (χ2v) is 8.52. The van der Waals surface area contributed by atoms with E-state index in [2.05, 4.69) is 49.9 Å². The lowest BCUT2D eigenvalue weighted by atomic mass is 10.0. The molecule has 0 amide bonds. The first-order valence-electron chi connectivity index (χ1n) is 10.7. The van der Waals surface area contributed by atoms with E-state index in [1.54, 1.807) is 25.1 Å². The molecule has 2 aliphatic rings. The number of aryl methyl sites for hydroxylation is 1. The third kappa shape index (κ3) is 5.05. The van der Waals surface area contributed by atoms with Crippen LogP contribution in [0.15, 0.2) is 59.4 Å². The monoisotopic (exact) mass is 447 g/mol. The number of nitrogens with two attached hydrogens (primary N) is 2. The van der Waals surface area contributed by atoms with Gasteiger partial charge in [-0.15, -0.1) is 0 Å². The predicted molar refractivity (Wildman–Crippen MR) is 136 cm³/mol. The first-order valence-corrected chi connectivity index (χ1v) is 11.2. The largest absolute Gasteiger partial charge is 0.508 e. The molecule has 166 valence electrons. The number of benzene rings is 2. The lowest BCUT2D eigenvalue weighted by molar-refractivity contribution is 0.470. The summed E-state index contributed by atoms with van der Waals surface area (Å²) in [5.41, 5.74) is 16.3. The standard InChI is InChI=1S/C16H19N3O2.C9H10.BHS/c1-9-3-5-12(20)10(2)14(9)19-13(21)6-4-11(15(19)17)16(18)7-8-16;1-2-4-8(5-3-1)9-6-7-9;1-2/h3-6,20H,7-8,17-18H2,1-2H3;1-5,9H,6-7H2;2H. The van der Waals surface area contributed by atoms with Crippen molar-refractivity contribution in [1.82, 2.24) is 4.57 Å². The predicted octanol–water partition coefficient (Wildman–Crippen LogP) is 4.25. The molecule has 2 fully saturated rings. The van der Waals surface area contributed by atoms with E-state index in [1.807, 2.05) is 6.92 Å². The van der Waals surface area contributed by atoms with E-state index in [4.69, 9.17) is 11.5 Å². The molecule has 2 radical (unpaired) electrons. The van der Waals surface area contributed by atoms with Crippen LogP contribution < -0.4 is 17.0 Å². The lowest BCUT2D eigenvalue weighted by Gasteiger charge is -2.20. The fourth-order valence-electron chi connectivity index (χ4n) is 3.92. The summed E-state index contributed by atoms with van der Waals surface area (Å²) >= 11 is 3.03. The van der Waals surface area contributed by atoms with Gasteiger partial charge in [-0.2, -0.15) is 0 Å². The van der Waals surface area contributed by atoms with Crippen LogP contribution in [0.5, 0.6) is 5.75 Å². The first kappa shape index (κ1) is 24.0. The molecule has 0 spiro atoms. The second-order valence-electron chi connectivity index (χ2n) is 8.52. The van der Waals surface area contributed by atoms with Gasteiger partial charge in [0.15, 0.2) is 7.12 Å². The number of aromatic nitrogens is 1. The molecule has 0 bridgehead atoms. The van der Waals surface area contributed by atoms with E-state index in [0.717, 1.165) is 29.9 Å². The Morgan fingerprint density at radius 2 is 1.66 bits per heavy atom. The van der Waals surface area contributed by atoms with Crippen molar-refractivity contribution < 1.29 is 5.11 Å². The maximum Gasteiger partial charge on any atom is 0.256 e. The number of aromatic hydroxyl groups is 1. The maximum atomic E-state index is 12.3. The van der Waals surface area contributed by atoms with Gasteiger partial charge in [-0.25, -0.2) is 12.5 Å². The summed E-state index contributed by atoms with van der Waals surface area (Å²) in [7, 11) is 4.19. The van der Waals surface area contributed by atoms with Gasteiger partial charge in [-0.1, -0.05) is 36.4 Å². The number of nitrogens with zero attached hydrogens (tertiary/aromatic N) is 1. The summed E-state index contributed by atoms with van der Waals surface area (Å²) in [5.74, 6) is 1.41. The van der Waals surface area contributed by atoms with Gasteiger partial charge < -0.3 is 16.6 Å². The van der Waals surface area contributed by atoms with Crippen LogP contribution >= 0.6 is 12.5 Å². The summed E-state index contributed by atoms with van der Waals surface area (Å²) in [5, 5.41) is 9.93. The number of hydrogen-bond acceptors (Lipinski definition) is 5. The van der Waals surface area contributed by atoms with Crippen LogP contribution in [0.1, 0.15) is 53.9 Å². The van der Waals surface area contributed by atoms with Gasteiger partial charge in [0.1, 0.15) is 11.6 Å². The van der Waals surface area contributed by atoms with E-state index >= 15 is 0 Å². The molecule has 3 aromatic rings. The molecule has 32 heavy (non-hydrogen) atoms. The smallest absolute Gasteiger partial charge is 0.256 e. The minimum absolute atomic E-state index is 0.140. The van der Waals surface area contributed by atoms with E-state index in [1.165, 1.54) is 29.0 Å². The molecule has 0 saturated heterocycles. The summed E-state index contributed by atoms with van der Waals surface area (Å²) in [4.78, 5) is 12.3. The SMILES string of the molecule is Cc1ccc(O)c(C)c1-n1c(N)c(C2(N)CC2)ccc1=O.[B]S.c1ccc(C2CC2)cc1. The Morgan fingerprint density at radius 1 is 1.03 bits per heavy atom. The van der Waals surface area contributed by atoms with Crippen LogP contribution in [0.2, 0.25) is 0 Å². The molecule has 2 saturated carbocycles. The van der Waals surface area contributed by atoms with E-state index < -0.39 is 5.54 Å². The molecule has 2 aromatic carbocycles. The zero-order valence-electron chi connectivity index (χ0n) is 18.6. The van der Waals surface area contributed by atoms with Crippen molar-refractivity contribution in [2.75, 3.05) is 5.73 Å². The highest BCUT2D eigenvalue weighted by molar-refractivity contribution is 8.03. The van der Waals surface area contributed by atoms with Gasteiger partial charge in [0.25, 0.3) is 5.56 Å². The molecule has 0 unspecified atom stereocenters. The quantitative estimate of drug-likeness (QED) is 0.357. The van der Waals surface area contributed by atoms with E-state index in [0.29, 0.717) is 17.1 Å². The van der Waals surface area contributed by atoms with Crippen LogP contribution in [-0.4, -0.2) is 16.8 Å². The molecule has 0 aliphatic heterocycles. The number of pyridine rings is 1. The lowest BCUT2D eigenvalue weighted by Crippen LogP contribution is -2.28. The Bertz CT molecular complexity index is 1140. The minimum Gasteiger partial charge on any atom is -0.508 e. The summed E-state index contributed by atoms with van der Waals surface area (Å²) in [6, 6.07) is 17.3. The van der Waals surface area contributed by atoms with Crippen molar-refractivity contribution in [2.24, 2.45) is 5.73 Å². The Morgan fingerprint density at radius 3 is 2.22 bits per heavy atom. The topological polar surface area (TPSA) is 94.3 Å².